The van der Waals surface area contributed by atoms with Crippen molar-refractivity contribution in [3.63, 3.8) is 0 Å². The van der Waals surface area contributed by atoms with Crippen LogP contribution in [-0.2, 0) is 9.59 Å². The quantitative estimate of drug-likeness (QED) is 0.0516. The van der Waals surface area contributed by atoms with E-state index >= 15 is 0 Å². The van der Waals surface area contributed by atoms with Crippen molar-refractivity contribution < 1.29 is 24.9 Å². The first kappa shape index (κ1) is 42.2. The first-order valence-corrected chi connectivity index (χ1v) is 18.1. The second-order valence-electron chi connectivity index (χ2n) is 12.3. The van der Waals surface area contributed by atoms with Gasteiger partial charge < -0.3 is 15.3 Å². The first-order valence-electron chi connectivity index (χ1n) is 18.1. The molecule has 0 saturated heterocycles. The van der Waals surface area contributed by atoms with Crippen molar-refractivity contribution in [2.75, 3.05) is 6.61 Å². The highest BCUT2D eigenvalue weighted by Gasteiger charge is 2.45. The summed E-state index contributed by atoms with van der Waals surface area (Å²) in [6.07, 6.45) is 39.7. The first-order chi connectivity index (χ1) is 21.4. The number of aliphatic hydroxyl groups excluding tert-OH is 2. The van der Waals surface area contributed by atoms with Gasteiger partial charge in [0.1, 0.15) is 0 Å². The highest BCUT2D eigenvalue weighted by atomic mass is 16.4. The van der Waals surface area contributed by atoms with Crippen LogP contribution in [0.4, 0.5) is 0 Å². The maximum Gasteiger partial charge on any atom is 0.178 e. The number of carbonyl (C=O) groups is 2. The number of carbonyl (C=O) groups excluding carboxylic acids is 2. The Hall–Kier alpha value is -1.82. The molecule has 0 fully saturated rings. The van der Waals surface area contributed by atoms with Crippen LogP contribution in [0.3, 0.4) is 0 Å². The zero-order valence-corrected chi connectivity index (χ0v) is 28.5. The van der Waals surface area contributed by atoms with E-state index in [9.17, 15) is 24.9 Å². The van der Waals surface area contributed by atoms with Gasteiger partial charge in [0.2, 0.25) is 0 Å². The third-order valence-corrected chi connectivity index (χ3v) is 8.24. The number of hydrogen-bond acceptors (Lipinski definition) is 5. The smallest absolute Gasteiger partial charge is 0.178 e. The highest BCUT2D eigenvalue weighted by molar-refractivity contribution is 5.96. The molecule has 0 aromatic carbocycles. The molecule has 0 bridgehead atoms. The lowest BCUT2D eigenvalue weighted by molar-refractivity contribution is -0.165. The molecule has 44 heavy (non-hydrogen) atoms. The standard InChI is InChI=1S/C39H68O5/c1-3-5-7-9-11-13-15-17-18-19-20-22-23-25-27-29-31-33-36(41)38(43)39(44,35-40)37(42)34-32-30-28-26-24-21-16-14-12-10-8-6-4-2/h11,13,17-18,20,22,25,27,38,40,43-44H,3-10,12,14-16,19,21,23-24,26,28-35H2,1-2H3/b13-11-,18-17-,22-20-,27-25-. The number of aliphatic hydroxyl groups is 3. The number of hydrogen-bond donors (Lipinski definition) is 3. The number of allylic oxidation sites excluding steroid dienone is 8. The van der Waals surface area contributed by atoms with Crippen molar-refractivity contribution >= 4 is 11.6 Å². The minimum absolute atomic E-state index is 0.0491. The Kier molecular flexibility index (Phi) is 29.9. The van der Waals surface area contributed by atoms with Crippen LogP contribution in [0.25, 0.3) is 0 Å². The van der Waals surface area contributed by atoms with Gasteiger partial charge in [0, 0.05) is 12.8 Å². The lowest BCUT2D eigenvalue weighted by Crippen LogP contribution is -2.55. The number of ketones is 2. The second kappa shape index (κ2) is 31.2. The Bertz CT molecular complexity index is 796. The molecular weight excluding hydrogens is 548 g/mol. The lowest BCUT2D eigenvalue weighted by Gasteiger charge is -2.28. The summed E-state index contributed by atoms with van der Waals surface area (Å²) in [6, 6.07) is 0. The summed E-state index contributed by atoms with van der Waals surface area (Å²) < 4.78 is 0. The molecule has 5 nitrogen and oxygen atoms in total. The Morgan fingerprint density at radius 2 is 0.932 bits per heavy atom. The molecule has 0 aromatic rings. The van der Waals surface area contributed by atoms with E-state index in [1.54, 1.807) is 0 Å². The Labute approximate surface area is 271 Å². The van der Waals surface area contributed by atoms with Crippen molar-refractivity contribution in [1.29, 1.82) is 0 Å². The molecule has 254 valence electrons. The van der Waals surface area contributed by atoms with Crippen molar-refractivity contribution in [2.45, 2.75) is 180 Å². The minimum Gasteiger partial charge on any atom is -0.393 e. The molecule has 2 unspecified atom stereocenters. The van der Waals surface area contributed by atoms with Crippen molar-refractivity contribution in [2.24, 2.45) is 0 Å². The van der Waals surface area contributed by atoms with E-state index in [1.807, 2.05) is 12.2 Å². The third-order valence-electron chi connectivity index (χ3n) is 8.24. The zero-order valence-electron chi connectivity index (χ0n) is 28.5. The molecule has 0 aliphatic carbocycles. The predicted molar refractivity (Wildman–Crippen MR) is 187 cm³/mol. The molecule has 0 saturated carbocycles. The fourth-order valence-electron chi connectivity index (χ4n) is 5.21. The summed E-state index contributed by atoms with van der Waals surface area (Å²) in [6.45, 7) is 3.51. The van der Waals surface area contributed by atoms with E-state index in [0.29, 0.717) is 19.3 Å². The highest BCUT2D eigenvalue weighted by Crippen LogP contribution is 2.20. The fourth-order valence-corrected chi connectivity index (χ4v) is 5.21. The van der Waals surface area contributed by atoms with Crippen LogP contribution in [0.15, 0.2) is 48.6 Å². The Morgan fingerprint density at radius 3 is 1.39 bits per heavy atom. The van der Waals surface area contributed by atoms with Crippen LogP contribution in [0.5, 0.6) is 0 Å². The topological polar surface area (TPSA) is 94.8 Å². The molecule has 0 aromatic heterocycles. The van der Waals surface area contributed by atoms with Gasteiger partial charge in [-0.25, -0.2) is 0 Å². The Balaban J connectivity index is 4.01. The molecule has 0 aliphatic rings. The summed E-state index contributed by atoms with van der Waals surface area (Å²) in [4.78, 5) is 25.1. The van der Waals surface area contributed by atoms with E-state index in [1.165, 1.54) is 83.5 Å². The van der Waals surface area contributed by atoms with Gasteiger partial charge in [-0.05, 0) is 51.4 Å². The number of unbranched alkanes of at least 4 members (excludes halogenated alkanes) is 16. The van der Waals surface area contributed by atoms with Crippen LogP contribution in [0.2, 0.25) is 0 Å². The summed E-state index contributed by atoms with van der Waals surface area (Å²) >= 11 is 0. The van der Waals surface area contributed by atoms with Crippen LogP contribution in [0.1, 0.15) is 168 Å². The van der Waals surface area contributed by atoms with Gasteiger partial charge in [-0.1, -0.05) is 152 Å². The van der Waals surface area contributed by atoms with E-state index in [4.69, 9.17) is 0 Å². The Morgan fingerprint density at radius 1 is 0.545 bits per heavy atom. The summed E-state index contributed by atoms with van der Waals surface area (Å²) in [5, 5.41) is 30.8. The fraction of sp³-hybridized carbons (Fsp3) is 0.744. The summed E-state index contributed by atoms with van der Waals surface area (Å²) in [7, 11) is 0. The van der Waals surface area contributed by atoms with E-state index < -0.39 is 29.9 Å². The molecule has 0 rings (SSSR count). The maximum atomic E-state index is 12.6. The molecule has 0 spiro atoms. The van der Waals surface area contributed by atoms with Gasteiger partial charge >= 0.3 is 0 Å². The molecule has 0 radical (unpaired) electrons. The van der Waals surface area contributed by atoms with Crippen molar-refractivity contribution in [1.82, 2.24) is 0 Å². The zero-order chi connectivity index (χ0) is 32.6. The lowest BCUT2D eigenvalue weighted by atomic mass is 9.86. The van der Waals surface area contributed by atoms with Crippen LogP contribution in [0, 0.1) is 0 Å². The molecule has 2 atom stereocenters. The summed E-state index contributed by atoms with van der Waals surface area (Å²) in [5.74, 6) is -1.25. The SMILES string of the molecule is CCCCC/C=C\C/C=C\C/C=C\C/C=C\CCCC(=O)C(O)C(O)(CO)C(=O)CCCCCCCCCCCCCCC. The molecule has 0 amide bonds. The monoisotopic (exact) mass is 617 g/mol. The normalized spacial score (nSPS) is 14.4. The van der Waals surface area contributed by atoms with Crippen molar-refractivity contribution in [3.8, 4) is 0 Å². The average molecular weight is 617 g/mol. The largest absolute Gasteiger partial charge is 0.393 e. The maximum absolute atomic E-state index is 12.6. The van der Waals surface area contributed by atoms with Crippen molar-refractivity contribution in [3.05, 3.63) is 48.6 Å². The predicted octanol–water partition coefficient (Wildman–Crippen LogP) is 9.84. The number of rotatable bonds is 32. The second-order valence-corrected chi connectivity index (χ2v) is 12.3. The minimum atomic E-state index is -2.41. The molecule has 0 heterocycles. The molecule has 5 heteroatoms. The van der Waals surface area contributed by atoms with E-state index in [2.05, 4.69) is 50.3 Å². The third kappa shape index (κ3) is 23.5. The van der Waals surface area contributed by atoms with Gasteiger partial charge in [-0.15, -0.1) is 0 Å². The van der Waals surface area contributed by atoms with Gasteiger partial charge in [0.25, 0.3) is 0 Å². The van der Waals surface area contributed by atoms with Gasteiger partial charge in [-0.3, -0.25) is 9.59 Å². The van der Waals surface area contributed by atoms with E-state index in [0.717, 1.165) is 38.5 Å². The molecular formula is C39H68O5. The van der Waals surface area contributed by atoms with Gasteiger partial charge in [0.05, 0.1) is 6.61 Å². The van der Waals surface area contributed by atoms with E-state index in [-0.39, 0.29) is 12.8 Å². The molecule has 0 aliphatic heterocycles. The van der Waals surface area contributed by atoms with Crippen LogP contribution >= 0.6 is 0 Å². The van der Waals surface area contributed by atoms with Crippen LogP contribution in [-0.4, -0.2) is 45.2 Å². The molecule has 3 N–H and O–H groups in total. The van der Waals surface area contributed by atoms with Gasteiger partial charge in [0.15, 0.2) is 23.3 Å². The summed E-state index contributed by atoms with van der Waals surface area (Å²) in [5.41, 5.74) is -2.41. The average Bonchev–Trinajstić information content (AvgIpc) is 3.03. The number of Topliss-reactive ketones (excluding diaryl/α,β-unsaturated/α-hetero) is 2. The van der Waals surface area contributed by atoms with Gasteiger partial charge in [-0.2, -0.15) is 0 Å². The van der Waals surface area contributed by atoms with Crippen LogP contribution < -0.4 is 0 Å².